The van der Waals surface area contributed by atoms with E-state index in [1.54, 1.807) is 24.3 Å². The minimum atomic E-state index is -3.39. The Bertz CT molecular complexity index is 631. The Morgan fingerprint density at radius 3 is 2.62 bits per heavy atom. The molecular formula is C15H19NO4S. The summed E-state index contributed by atoms with van der Waals surface area (Å²) in [5, 5.41) is 2.79. The summed E-state index contributed by atoms with van der Waals surface area (Å²) >= 11 is 0. The van der Waals surface area contributed by atoms with E-state index in [-0.39, 0.29) is 10.1 Å². The van der Waals surface area contributed by atoms with Crippen LogP contribution in [0.4, 0.5) is 0 Å². The van der Waals surface area contributed by atoms with Crippen LogP contribution in [0.2, 0.25) is 0 Å². The number of carbonyl (C=O) groups excluding carboxylic acids is 1. The second kappa shape index (κ2) is 6.87. The van der Waals surface area contributed by atoms with Crippen LogP contribution in [0.15, 0.2) is 35.2 Å². The van der Waals surface area contributed by atoms with Gasteiger partial charge in [-0.15, -0.1) is 0 Å². The van der Waals surface area contributed by atoms with E-state index in [0.717, 1.165) is 0 Å². The molecule has 0 saturated carbocycles. The summed E-state index contributed by atoms with van der Waals surface area (Å²) in [6.45, 7) is 1.42. The van der Waals surface area contributed by atoms with Gasteiger partial charge >= 0.3 is 5.97 Å². The van der Waals surface area contributed by atoms with E-state index in [2.05, 4.69) is 10.1 Å². The third-order valence-corrected chi connectivity index (χ3v) is 5.88. The standard InChI is InChI=1S/C15H19NO4S/c1-20-15(17)7-6-12-4-2-3-5-14(12)21(18,19)13-8-10-16-11-9-13/h2-7,13,16H,8-11H2,1H3/b7-6+. The summed E-state index contributed by atoms with van der Waals surface area (Å²) in [6.07, 6.45) is 3.94. The largest absolute Gasteiger partial charge is 0.466 e. The van der Waals surface area contributed by atoms with Crippen molar-refractivity contribution >= 4 is 21.9 Å². The Morgan fingerprint density at radius 1 is 1.29 bits per heavy atom. The molecule has 0 bridgehead atoms. The zero-order valence-electron chi connectivity index (χ0n) is 11.9. The highest BCUT2D eigenvalue weighted by atomic mass is 32.2. The number of hydrogen-bond acceptors (Lipinski definition) is 5. The monoisotopic (exact) mass is 309 g/mol. The highest BCUT2D eigenvalue weighted by Crippen LogP contribution is 2.26. The Balaban J connectivity index is 2.34. The van der Waals surface area contributed by atoms with Crippen LogP contribution < -0.4 is 5.32 Å². The molecule has 1 fully saturated rings. The fourth-order valence-corrected chi connectivity index (χ4v) is 4.34. The molecule has 1 aliphatic rings. The maximum absolute atomic E-state index is 12.7. The predicted octanol–water partition coefficient (Wildman–Crippen LogP) is 1.40. The number of piperidine rings is 1. The first-order chi connectivity index (χ1) is 10.1. The molecule has 0 aromatic heterocycles. The number of methoxy groups -OCH3 is 1. The number of esters is 1. The molecule has 1 aromatic rings. The van der Waals surface area contributed by atoms with E-state index < -0.39 is 15.8 Å². The summed E-state index contributed by atoms with van der Waals surface area (Å²) < 4.78 is 30.0. The Labute approximate surface area is 124 Å². The highest BCUT2D eigenvalue weighted by molar-refractivity contribution is 7.92. The van der Waals surface area contributed by atoms with Crippen LogP contribution in [0.1, 0.15) is 18.4 Å². The van der Waals surface area contributed by atoms with Gasteiger partial charge in [0.15, 0.2) is 9.84 Å². The van der Waals surface area contributed by atoms with Crippen LogP contribution in [0, 0.1) is 0 Å². The number of benzene rings is 1. The molecule has 1 aliphatic heterocycles. The van der Waals surface area contributed by atoms with Gasteiger partial charge in [-0.1, -0.05) is 18.2 Å². The van der Waals surface area contributed by atoms with E-state index in [4.69, 9.17) is 0 Å². The van der Waals surface area contributed by atoms with Crippen LogP contribution in [0.5, 0.6) is 0 Å². The third-order valence-electron chi connectivity index (χ3n) is 3.55. The molecule has 1 saturated heterocycles. The summed E-state index contributed by atoms with van der Waals surface area (Å²) in [6, 6.07) is 6.73. The fraction of sp³-hybridized carbons (Fsp3) is 0.400. The molecular weight excluding hydrogens is 290 g/mol. The molecule has 0 amide bonds. The molecule has 0 spiro atoms. The van der Waals surface area contributed by atoms with Crippen LogP contribution in [0.25, 0.3) is 6.08 Å². The first-order valence-electron chi connectivity index (χ1n) is 6.85. The van der Waals surface area contributed by atoms with Gasteiger partial charge in [0.1, 0.15) is 0 Å². The van der Waals surface area contributed by atoms with Gasteiger partial charge in [-0.3, -0.25) is 0 Å². The molecule has 5 nitrogen and oxygen atoms in total. The molecule has 0 unspecified atom stereocenters. The molecule has 6 heteroatoms. The fourth-order valence-electron chi connectivity index (χ4n) is 2.39. The predicted molar refractivity (Wildman–Crippen MR) is 80.6 cm³/mol. The zero-order chi connectivity index (χ0) is 15.3. The van der Waals surface area contributed by atoms with Gasteiger partial charge in [-0.25, -0.2) is 13.2 Å². The molecule has 1 heterocycles. The van der Waals surface area contributed by atoms with Gasteiger partial charge in [0, 0.05) is 6.08 Å². The highest BCUT2D eigenvalue weighted by Gasteiger charge is 2.30. The number of hydrogen-bond donors (Lipinski definition) is 1. The van der Waals surface area contributed by atoms with Crippen molar-refractivity contribution in [1.29, 1.82) is 0 Å². The topological polar surface area (TPSA) is 72.5 Å². The lowest BCUT2D eigenvalue weighted by molar-refractivity contribution is -0.134. The van der Waals surface area contributed by atoms with E-state index in [1.807, 2.05) is 0 Å². The van der Waals surface area contributed by atoms with Crippen LogP contribution in [-0.4, -0.2) is 39.8 Å². The number of nitrogens with one attached hydrogen (secondary N) is 1. The van der Waals surface area contributed by atoms with Crippen molar-refractivity contribution in [1.82, 2.24) is 5.32 Å². The van der Waals surface area contributed by atoms with Crippen LogP contribution >= 0.6 is 0 Å². The summed E-state index contributed by atoms with van der Waals surface area (Å²) in [7, 11) is -2.11. The molecule has 0 atom stereocenters. The van der Waals surface area contributed by atoms with Gasteiger partial charge in [0.2, 0.25) is 0 Å². The quantitative estimate of drug-likeness (QED) is 0.672. The maximum Gasteiger partial charge on any atom is 0.330 e. The number of carbonyl (C=O) groups is 1. The van der Waals surface area contributed by atoms with Crippen LogP contribution in [-0.2, 0) is 19.4 Å². The van der Waals surface area contributed by atoms with Crippen molar-refractivity contribution in [3.63, 3.8) is 0 Å². The van der Waals surface area contributed by atoms with E-state index in [0.29, 0.717) is 31.5 Å². The molecule has 1 aromatic carbocycles. The second-order valence-electron chi connectivity index (χ2n) is 4.89. The van der Waals surface area contributed by atoms with Crippen molar-refractivity contribution in [2.24, 2.45) is 0 Å². The van der Waals surface area contributed by atoms with Crippen molar-refractivity contribution < 1.29 is 17.9 Å². The summed E-state index contributed by atoms with van der Waals surface area (Å²) in [5.74, 6) is -0.510. The lowest BCUT2D eigenvalue weighted by atomic mass is 10.2. The minimum Gasteiger partial charge on any atom is -0.466 e. The van der Waals surface area contributed by atoms with Crippen molar-refractivity contribution in [2.75, 3.05) is 20.2 Å². The van der Waals surface area contributed by atoms with Gasteiger partial charge in [0.05, 0.1) is 17.3 Å². The normalized spacial score (nSPS) is 17.0. The van der Waals surface area contributed by atoms with E-state index in [1.165, 1.54) is 19.3 Å². The zero-order valence-corrected chi connectivity index (χ0v) is 12.7. The van der Waals surface area contributed by atoms with Crippen molar-refractivity contribution in [2.45, 2.75) is 23.0 Å². The Kier molecular flexibility index (Phi) is 5.14. The van der Waals surface area contributed by atoms with Gasteiger partial charge < -0.3 is 10.1 Å². The molecule has 1 N–H and O–H groups in total. The van der Waals surface area contributed by atoms with Crippen molar-refractivity contribution in [3.05, 3.63) is 35.9 Å². The smallest absolute Gasteiger partial charge is 0.330 e. The lowest BCUT2D eigenvalue weighted by Gasteiger charge is -2.23. The third kappa shape index (κ3) is 3.71. The Hall–Kier alpha value is -1.66. The van der Waals surface area contributed by atoms with E-state index in [9.17, 15) is 13.2 Å². The number of sulfone groups is 1. The molecule has 0 aliphatic carbocycles. The molecule has 114 valence electrons. The number of ether oxygens (including phenoxy) is 1. The molecule has 2 rings (SSSR count). The number of rotatable bonds is 4. The SMILES string of the molecule is COC(=O)/C=C/c1ccccc1S(=O)(=O)C1CCNCC1. The van der Waals surface area contributed by atoms with E-state index >= 15 is 0 Å². The average molecular weight is 309 g/mol. The first-order valence-corrected chi connectivity index (χ1v) is 8.40. The van der Waals surface area contributed by atoms with Gasteiger partial charge in [-0.2, -0.15) is 0 Å². The second-order valence-corrected chi connectivity index (χ2v) is 7.09. The van der Waals surface area contributed by atoms with Gasteiger partial charge in [0.25, 0.3) is 0 Å². The molecule has 21 heavy (non-hydrogen) atoms. The van der Waals surface area contributed by atoms with Gasteiger partial charge in [-0.05, 0) is 43.6 Å². The van der Waals surface area contributed by atoms with Crippen LogP contribution in [0.3, 0.4) is 0 Å². The maximum atomic E-state index is 12.7. The lowest BCUT2D eigenvalue weighted by Crippen LogP contribution is -2.36. The first kappa shape index (κ1) is 15.7. The Morgan fingerprint density at radius 2 is 1.95 bits per heavy atom. The minimum absolute atomic E-state index is 0.275. The average Bonchev–Trinajstić information content (AvgIpc) is 2.53. The van der Waals surface area contributed by atoms with Crippen molar-refractivity contribution in [3.8, 4) is 0 Å². The summed E-state index contributed by atoms with van der Waals surface area (Å²) in [4.78, 5) is 11.5. The molecule has 0 radical (unpaired) electrons. The summed E-state index contributed by atoms with van der Waals surface area (Å²) in [5.41, 5.74) is 0.515.